The zero-order chi connectivity index (χ0) is 19.7. The molecule has 28 heavy (non-hydrogen) atoms. The average molecular weight is 396 g/mol. The zero-order valence-electron chi connectivity index (χ0n) is 15.0. The fourth-order valence-electron chi connectivity index (χ4n) is 3.04. The third-order valence-electron chi connectivity index (χ3n) is 4.49. The minimum absolute atomic E-state index is 0.0388. The van der Waals surface area contributed by atoms with Crippen LogP contribution in [-0.4, -0.2) is 33.3 Å². The number of thioether (sulfide) groups is 1. The Labute approximate surface area is 164 Å². The second-order valence-electron chi connectivity index (χ2n) is 6.39. The zero-order valence-corrected chi connectivity index (χ0v) is 15.8. The van der Waals surface area contributed by atoms with Crippen molar-refractivity contribution in [3.63, 3.8) is 0 Å². The van der Waals surface area contributed by atoms with Gasteiger partial charge in [0.2, 0.25) is 11.8 Å². The minimum atomic E-state index is -0.429. The molecule has 0 N–H and O–H groups in total. The van der Waals surface area contributed by atoms with Crippen molar-refractivity contribution < 1.29 is 14.1 Å². The van der Waals surface area contributed by atoms with Gasteiger partial charge in [0.1, 0.15) is 0 Å². The highest BCUT2D eigenvalue weighted by atomic mass is 32.2. The Bertz CT molecular complexity index is 1050. The van der Waals surface area contributed by atoms with Crippen LogP contribution in [0.25, 0.3) is 11.5 Å². The normalized spacial score (nSPS) is 12.8. The van der Waals surface area contributed by atoms with E-state index in [4.69, 9.17) is 4.42 Å². The van der Waals surface area contributed by atoms with E-state index < -0.39 is 4.92 Å². The predicted molar refractivity (Wildman–Crippen MR) is 104 cm³/mol. The molecule has 2 aromatic carbocycles. The molecular weight excluding hydrogens is 380 g/mol. The Balaban J connectivity index is 1.41. The maximum atomic E-state index is 12.6. The monoisotopic (exact) mass is 396 g/mol. The number of amides is 1. The van der Waals surface area contributed by atoms with Gasteiger partial charge in [-0.1, -0.05) is 29.5 Å². The van der Waals surface area contributed by atoms with Crippen LogP contribution in [0.1, 0.15) is 11.1 Å². The van der Waals surface area contributed by atoms with Crippen molar-refractivity contribution in [1.29, 1.82) is 0 Å². The molecule has 0 fully saturated rings. The van der Waals surface area contributed by atoms with Gasteiger partial charge in [-0.25, -0.2) is 0 Å². The van der Waals surface area contributed by atoms with Gasteiger partial charge >= 0.3 is 0 Å². The number of aryl methyl sites for hydroxylation is 1. The molecule has 1 amide bonds. The number of non-ortho nitro benzene ring substituents is 1. The molecule has 0 bridgehead atoms. The first-order valence-corrected chi connectivity index (χ1v) is 9.61. The van der Waals surface area contributed by atoms with Crippen molar-refractivity contribution in [3.8, 4) is 11.5 Å². The number of hydrogen-bond acceptors (Lipinski definition) is 7. The largest absolute Gasteiger partial charge is 0.411 e. The number of nitrogens with zero attached hydrogens (tertiary/aromatic N) is 4. The molecule has 0 saturated heterocycles. The number of carbonyl (C=O) groups excluding carboxylic acids is 1. The molecule has 1 aliphatic rings. The number of nitro benzene ring substituents is 1. The van der Waals surface area contributed by atoms with E-state index in [1.54, 1.807) is 11.0 Å². The van der Waals surface area contributed by atoms with Crippen molar-refractivity contribution in [2.45, 2.75) is 18.6 Å². The Morgan fingerprint density at radius 1 is 1.25 bits per heavy atom. The van der Waals surface area contributed by atoms with E-state index in [1.165, 1.54) is 23.9 Å². The molecule has 1 aliphatic heterocycles. The molecule has 0 radical (unpaired) electrons. The second kappa shape index (κ2) is 7.43. The van der Waals surface area contributed by atoms with Gasteiger partial charge in [0.25, 0.3) is 10.9 Å². The van der Waals surface area contributed by atoms with E-state index in [0.717, 1.165) is 22.4 Å². The summed E-state index contributed by atoms with van der Waals surface area (Å²) in [6.07, 6.45) is 0.603. The summed E-state index contributed by atoms with van der Waals surface area (Å²) >= 11 is 1.18. The fourth-order valence-corrected chi connectivity index (χ4v) is 3.68. The third-order valence-corrected chi connectivity index (χ3v) is 5.30. The first-order valence-electron chi connectivity index (χ1n) is 8.62. The molecule has 9 heteroatoms. The van der Waals surface area contributed by atoms with E-state index in [0.29, 0.717) is 24.1 Å². The standard InChI is InChI=1S/C19H16N4O4S/c1-12-2-4-13(5-3-12)18-20-21-19(27-18)28-11-17(24)22-9-8-14-10-15(23(25)26)6-7-16(14)22/h2-7,10H,8-9,11H2,1H3. The van der Waals surface area contributed by atoms with Crippen molar-refractivity contribution in [2.75, 3.05) is 17.2 Å². The molecule has 4 rings (SSSR count). The number of aromatic nitrogens is 2. The summed E-state index contributed by atoms with van der Waals surface area (Å²) in [6.45, 7) is 2.51. The summed E-state index contributed by atoms with van der Waals surface area (Å²) in [5, 5.41) is 19.2. The topological polar surface area (TPSA) is 102 Å². The van der Waals surface area contributed by atoms with Crippen molar-refractivity contribution in [2.24, 2.45) is 0 Å². The maximum Gasteiger partial charge on any atom is 0.277 e. The van der Waals surface area contributed by atoms with Crippen LogP contribution in [0.3, 0.4) is 0 Å². The lowest BCUT2D eigenvalue weighted by atomic mass is 10.1. The summed E-state index contributed by atoms with van der Waals surface area (Å²) in [5.41, 5.74) is 3.54. The van der Waals surface area contributed by atoms with E-state index in [1.807, 2.05) is 31.2 Å². The van der Waals surface area contributed by atoms with Gasteiger partial charge in [0.15, 0.2) is 0 Å². The summed E-state index contributed by atoms with van der Waals surface area (Å²) in [5.74, 6) is 0.452. The Morgan fingerprint density at radius 3 is 2.79 bits per heavy atom. The number of benzene rings is 2. The summed E-state index contributed by atoms with van der Waals surface area (Å²) in [4.78, 5) is 24.7. The van der Waals surface area contributed by atoms with Gasteiger partial charge in [-0.05, 0) is 37.1 Å². The number of nitro groups is 1. The summed E-state index contributed by atoms with van der Waals surface area (Å²) in [7, 11) is 0. The SMILES string of the molecule is Cc1ccc(-c2nnc(SCC(=O)N3CCc4cc([N+](=O)[O-])ccc43)o2)cc1. The van der Waals surface area contributed by atoms with Crippen molar-refractivity contribution in [1.82, 2.24) is 10.2 Å². The molecule has 0 saturated carbocycles. The highest BCUT2D eigenvalue weighted by Crippen LogP contribution is 2.32. The van der Waals surface area contributed by atoms with Crippen LogP contribution in [0.15, 0.2) is 52.1 Å². The van der Waals surface area contributed by atoms with Gasteiger partial charge in [-0.3, -0.25) is 14.9 Å². The lowest BCUT2D eigenvalue weighted by molar-refractivity contribution is -0.384. The highest BCUT2D eigenvalue weighted by Gasteiger charge is 2.26. The van der Waals surface area contributed by atoms with Gasteiger partial charge in [-0.15, -0.1) is 10.2 Å². The Morgan fingerprint density at radius 2 is 2.04 bits per heavy atom. The number of carbonyl (C=O) groups is 1. The van der Waals surface area contributed by atoms with Crippen LogP contribution in [0, 0.1) is 17.0 Å². The number of anilines is 1. The van der Waals surface area contributed by atoms with Crippen molar-refractivity contribution in [3.05, 3.63) is 63.7 Å². The van der Waals surface area contributed by atoms with Crippen LogP contribution in [0.5, 0.6) is 0 Å². The molecule has 0 unspecified atom stereocenters. The first-order chi connectivity index (χ1) is 13.5. The van der Waals surface area contributed by atoms with Gasteiger partial charge in [0, 0.05) is 29.9 Å². The van der Waals surface area contributed by atoms with E-state index in [9.17, 15) is 14.9 Å². The Hall–Kier alpha value is -3.20. The minimum Gasteiger partial charge on any atom is -0.411 e. The van der Waals surface area contributed by atoms with E-state index in [2.05, 4.69) is 10.2 Å². The predicted octanol–water partition coefficient (Wildman–Crippen LogP) is 3.63. The maximum absolute atomic E-state index is 12.6. The lowest BCUT2D eigenvalue weighted by Crippen LogP contribution is -2.30. The molecule has 142 valence electrons. The molecule has 2 heterocycles. The molecule has 0 spiro atoms. The van der Waals surface area contributed by atoms with Gasteiger partial charge in [0.05, 0.1) is 10.7 Å². The molecule has 3 aromatic rings. The van der Waals surface area contributed by atoms with Crippen LogP contribution in [-0.2, 0) is 11.2 Å². The molecule has 0 aliphatic carbocycles. The van der Waals surface area contributed by atoms with Crippen molar-refractivity contribution >= 4 is 29.0 Å². The third kappa shape index (κ3) is 3.61. The molecule has 8 nitrogen and oxygen atoms in total. The van der Waals surface area contributed by atoms with E-state index >= 15 is 0 Å². The lowest BCUT2D eigenvalue weighted by Gasteiger charge is -2.16. The number of hydrogen-bond donors (Lipinski definition) is 0. The fraction of sp³-hybridized carbons (Fsp3) is 0.211. The van der Waals surface area contributed by atoms with Crippen LogP contribution in [0.2, 0.25) is 0 Å². The molecule has 0 atom stereocenters. The van der Waals surface area contributed by atoms with Crippen LogP contribution < -0.4 is 4.90 Å². The first kappa shape index (κ1) is 18.2. The Kier molecular flexibility index (Phi) is 4.82. The smallest absolute Gasteiger partial charge is 0.277 e. The van der Waals surface area contributed by atoms with Gasteiger partial charge < -0.3 is 9.32 Å². The average Bonchev–Trinajstić information content (AvgIpc) is 3.33. The number of rotatable bonds is 5. The molecule has 1 aromatic heterocycles. The summed E-state index contributed by atoms with van der Waals surface area (Å²) < 4.78 is 5.63. The van der Waals surface area contributed by atoms with Crippen LogP contribution in [0.4, 0.5) is 11.4 Å². The van der Waals surface area contributed by atoms with E-state index in [-0.39, 0.29) is 17.3 Å². The quantitative estimate of drug-likeness (QED) is 0.368. The van der Waals surface area contributed by atoms with Gasteiger partial charge in [-0.2, -0.15) is 0 Å². The summed E-state index contributed by atoms with van der Waals surface area (Å²) in [6, 6.07) is 12.3. The second-order valence-corrected chi connectivity index (χ2v) is 7.32. The highest BCUT2D eigenvalue weighted by molar-refractivity contribution is 7.99. The molecular formula is C19H16N4O4S. The van der Waals surface area contributed by atoms with Crippen LogP contribution >= 0.6 is 11.8 Å². The number of fused-ring (bicyclic) bond motifs is 1.